The summed E-state index contributed by atoms with van der Waals surface area (Å²) in [6.45, 7) is 4.15. The highest BCUT2D eigenvalue weighted by Gasteiger charge is 2.15. The molecule has 0 radical (unpaired) electrons. The predicted molar refractivity (Wildman–Crippen MR) is 143 cm³/mol. The van der Waals surface area contributed by atoms with Gasteiger partial charge in [-0.25, -0.2) is 15.0 Å². The Kier molecular flexibility index (Phi) is 6.81. The number of amides is 1. The van der Waals surface area contributed by atoms with Crippen LogP contribution in [0.4, 0.5) is 17.2 Å². The van der Waals surface area contributed by atoms with Crippen molar-refractivity contribution in [2.75, 3.05) is 24.4 Å². The Morgan fingerprint density at radius 1 is 1.16 bits per heavy atom. The molecule has 2 aromatic carbocycles. The minimum absolute atomic E-state index is 0.113. The highest BCUT2D eigenvalue weighted by atomic mass is 16.5. The van der Waals surface area contributed by atoms with Gasteiger partial charge >= 0.3 is 0 Å². The first kappa shape index (κ1) is 24.0. The van der Waals surface area contributed by atoms with Crippen LogP contribution in [-0.4, -0.2) is 40.3 Å². The summed E-state index contributed by atoms with van der Waals surface area (Å²) in [7, 11) is 1.58. The minimum atomic E-state index is -0.267. The van der Waals surface area contributed by atoms with Crippen LogP contribution < -0.4 is 15.4 Å². The second-order valence-electron chi connectivity index (χ2n) is 8.69. The van der Waals surface area contributed by atoms with Gasteiger partial charge in [0.25, 0.3) is 0 Å². The van der Waals surface area contributed by atoms with Crippen LogP contribution in [0.3, 0.4) is 0 Å². The summed E-state index contributed by atoms with van der Waals surface area (Å²) in [6.07, 6.45) is 10.6. The van der Waals surface area contributed by atoms with E-state index >= 15 is 0 Å². The van der Waals surface area contributed by atoms with Gasteiger partial charge < -0.3 is 25.0 Å². The third kappa shape index (κ3) is 5.43. The molecule has 5 rings (SSSR count). The number of allylic oxidation sites excluding steroid dienone is 1. The van der Waals surface area contributed by atoms with E-state index in [1.54, 1.807) is 13.3 Å². The number of carbonyl (C=O) groups is 1. The molecule has 0 aliphatic carbocycles. The second kappa shape index (κ2) is 10.5. The van der Waals surface area contributed by atoms with Crippen LogP contribution in [0.2, 0.25) is 0 Å². The molecule has 9 nitrogen and oxygen atoms in total. The number of hydrogen-bond acceptors (Lipinski definition) is 8. The number of nitrogens with zero attached hydrogens (tertiary/aromatic N) is 4. The number of methoxy groups -OCH3 is 1. The van der Waals surface area contributed by atoms with Gasteiger partial charge in [0.15, 0.2) is 0 Å². The summed E-state index contributed by atoms with van der Waals surface area (Å²) in [6, 6.07) is 11.4. The van der Waals surface area contributed by atoms with Crippen molar-refractivity contribution in [2.45, 2.75) is 13.8 Å². The van der Waals surface area contributed by atoms with Crippen molar-refractivity contribution in [2.24, 2.45) is 10.9 Å². The Hall–Kier alpha value is -4.72. The van der Waals surface area contributed by atoms with Crippen LogP contribution >= 0.6 is 0 Å². The van der Waals surface area contributed by atoms with Crippen LogP contribution in [0, 0.1) is 12.8 Å². The molecular weight excluding hydrogens is 468 g/mol. The molecule has 9 heteroatoms. The van der Waals surface area contributed by atoms with Gasteiger partial charge in [0.2, 0.25) is 5.91 Å². The summed E-state index contributed by atoms with van der Waals surface area (Å²) >= 11 is 0. The molecule has 0 saturated heterocycles. The van der Waals surface area contributed by atoms with Crippen LogP contribution in [0.15, 0.2) is 90.0 Å². The molecule has 0 spiro atoms. The number of aryl methyl sites for hydroxylation is 1. The number of fused-ring (bicyclic) bond motifs is 2. The normalized spacial score (nSPS) is 14.6. The third-order valence-electron chi connectivity index (χ3n) is 5.85. The summed E-state index contributed by atoms with van der Waals surface area (Å²) in [5.41, 5.74) is 6.17. The number of carbonyl (C=O) groups excluding carboxylic acids is 1. The highest BCUT2D eigenvalue weighted by molar-refractivity contribution is 5.98. The van der Waals surface area contributed by atoms with E-state index in [1.165, 1.54) is 6.33 Å². The molecule has 0 fully saturated rings. The second-order valence-corrected chi connectivity index (χ2v) is 8.69. The maximum Gasteiger partial charge on any atom is 0.229 e. The van der Waals surface area contributed by atoms with Gasteiger partial charge in [-0.3, -0.25) is 4.79 Å². The van der Waals surface area contributed by atoms with Crippen LogP contribution in [0.25, 0.3) is 10.9 Å². The number of aliphatic imine (C=N–C) groups is 1. The zero-order valence-corrected chi connectivity index (χ0v) is 20.7. The lowest BCUT2D eigenvalue weighted by Gasteiger charge is -2.21. The molecule has 3 heterocycles. The monoisotopic (exact) mass is 494 g/mol. The molecule has 1 unspecified atom stereocenters. The van der Waals surface area contributed by atoms with Crippen LogP contribution in [-0.2, 0) is 9.53 Å². The highest BCUT2D eigenvalue weighted by Crippen LogP contribution is 2.29. The van der Waals surface area contributed by atoms with E-state index in [9.17, 15) is 4.79 Å². The van der Waals surface area contributed by atoms with Crippen molar-refractivity contribution in [3.8, 4) is 5.75 Å². The zero-order valence-electron chi connectivity index (χ0n) is 20.7. The van der Waals surface area contributed by atoms with E-state index in [2.05, 4.69) is 31.3 Å². The van der Waals surface area contributed by atoms with E-state index in [-0.39, 0.29) is 11.8 Å². The van der Waals surface area contributed by atoms with Gasteiger partial charge in [-0.15, -0.1) is 0 Å². The SMILES string of the molecule is COCC(C)C(=O)Nc1ccc2ncnc(Nc3ccc(OC4=CC5=NC=C=CN5C=C4)c(C)c3)c2c1. The number of ether oxygens (including phenoxy) is 2. The van der Waals surface area contributed by atoms with Gasteiger partial charge in [-0.05, 0) is 55.0 Å². The number of nitrogens with one attached hydrogen (secondary N) is 2. The molecule has 0 saturated carbocycles. The third-order valence-corrected chi connectivity index (χ3v) is 5.85. The molecule has 2 aliphatic heterocycles. The Morgan fingerprint density at radius 2 is 2.03 bits per heavy atom. The van der Waals surface area contributed by atoms with Crippen molar-refractivity contribution in [3.05, 3.63) is 90.5 Å². The molecule has 1 atom stereocenters. The van der Waals surface area contributed by atoms with E-state index in [1.807, 2.05) is 79.7 Å². The number of benzene rings is 2. The van der Waals surface area contributed by atoms with E-state index in [0.717, 1.165) is 33.7 Å². The van der Waals surface area contributed by atoms with Gasteiger partial charge in [0.05, 0.1) is 30.4 Å². The Morgan fingerprint density at radius 3 is 2.86 bits per heavy atom. The van der Waals surface area contributed by atoms with E-state index < -0.39 is 0 Å². The Balaban J connectivity index is 1.33. The largest absolute Gasteiger partial charge is 0.457 e. The number of rotatable bonds is 8. The Bertz CT molecular complexity index is 1520. The molecule has 37 heavy (non-hydrogen) atoms. The van der Waals surface area contributed by atoms with Gasteiger partial charge in [-0.1, -0.05) is 12.7 Å². The first-order chi connectivity index (χ1) is 18.0. The zero-order chi connectivity index (χ0) is 25.8. The molecular formula is C28H26N6O3. The molecule has 2 aliphatic rings. The summed E-state index contributed by atoms with van der Waals surface area (Å²) in [5.74, 6) is 2.45. The summed E-state index contributed by atoms with van der Waals surface area (Å²) in [4.78, 5) is 27.4. The molecule has 1 amide bonds. The maximum absolute atomic E-state index is 12.4. The molecule has 186 valence electrons. The number of aromatic nitrogens is 2. The average molecular weight is 495 g/mol. The van der Waals surface area contributed by atoms with Gasteiger partial charge in [0, 0.05) is 36.1 Å². The fourth-order valence-corrected chi connectivity index (χ4v) is 3.90. The van der Waals surface area contributed by atoms with Crippen LogP contribution in [0.5, 0.6) is 5.75 Å². The first-order valence-corrected chi connectivity index (χ1v) is 11.8. The topological polar surface area (TPSA) is 101 Å². The van der Waals surface area contributed by atoms with Gasteiger partial charge in [0.1, 0.15) is 29.5 Å². The predicted octanol–water partition coefficient (Wildman–Crippen LogP) is 5.03. The number of hydrogen-bond donors (Lipinski definition) is 2. The minimum Gasteiger partial charge on any atom is -0.457 e. The lowest BCUT2D eigenvalue weighted by molar-refractivity contribution is -0.120. The lowest BCUT2D eigenvalue weighted by atomic mass is 10.1. The van der Waals surface area contributed by atoms with Crippen molar-refractivity contribution >= 4 is 39.8 Å². The molecule has 3 aromatic rings. The molecule has 1 aromatic heterocycles. The van der Waals surface area contributed by atoms with E-state index in [0.29, 0.717) is 23.9 Å². The van der Waals surface area contributed by atoms with Crippen LogP contribution in [0.1, 0.15) is 12.5 Å². The maximum atomic E-state index is 12.4. The average Bonchev–Trinajstić information content (AvgIpc) is 2.90. The van der Waals surface area contributed by atoms with E-state index in [4.69, 9.17) is 9.47 Å². The Labute approximate surface area is 214 Å². The fraction of sp³-hybridized carbons (Fsp3) is 0.179. The smallest absolute Gasteiger partial charge is 0.229 e. The lowest BCUT2D eigenvalue weighted by Crippen LogP contribution is -2.23. The number of anilines is 3. The van der Waals surface area contributed by atoms with Crippen molar-refractivity contribution in [3.63, 3.8) is 0 Å². The standard InChI is InChI=1S/C28H26N6O3/c1-18-13-20(6-8-25(18)37-22-9-12-34-11-4-10-29-26(34)15-22)32-27-23-14-21(5-7-24(23)30-17-31-27)33-28(35)19(2)16-36-3/h5-15,17,19H,16H2,1-3H3,(H,33,35)(H,30,31,32). The van der Waals surface area contributed by atoms with Crippen molar-refractivity contribution < 1.29 is 14.3 Å². The van der Waals surface area contributed by atoms with Gasteiger partial charge in [-0.2, -0.15) is 0 Å². The van der Waals surface area contributed by atoms with Crippen molar-refractivity contribution in [1.82, 2.24) is 14.9 Å². The first-order valence-electron chi connectivity index (χ1n) is 11.8. The summed E-state index contributed by atoms with van der Waals surface area (Å²) in [5, 5.41) is 7.09. The summed E-state index contributed by atoms with van der Waals surface area (Å²) < 4.78 is 11.2. The number of amidine groups is 1. The molecule has 0 bridgehead atoms. The molecule has 2 N–H and O–H groups in total. The quantitative estimate of drug-likeness (QED) is 0.424. The fourth-order valence-electron chi connectivity index (χ4n) is 3.90. The van der Waals surface area contributed by atoms with Crippen molar-refractivity contribution in [1.29, 1.82) is 0 Å².